The quantitative estimate of drug-likeness (QED) is 0.526. The largest absolute Gasteiger partial charge is 0.475 e. The Hall–Kier alpha value is -3.09. The van der Waals surface area contributed by atoms with E-state index < -0.39 is 24.4 Å². The number of alkyl halides is 3. The van der Waals surface area contributed by atoms with Gasteiger partial charge in [0.1, 0.15) is 12.4 Å². The zero-order chi connectivity index (χ0) is 25.7. The van der Waals surface area contributed by atoms with Gasteiger partial charge in [-0.05, 0) is 41.8 Å². The number of pyridine rings is 1. The van der Waals surface area contributed by atoms with Gasteiger partial charge in [-0.25, -0.2) is 4.79 Å². The lowest BCUT2D eigenvalue weighted by Crippen LogP contribution is -2.39. The van der Waals surface area contributed by atoms with Crippen molar-refractivity contribution in [1.82, 2.24) is 10.3 Å². The molecule has 1 aromatic heterocycles. The maximum Gasteiger partial charge on any atom is 0.414 e. The molecule has 0 aliphatic carbocycles. The van der Waals surface area contributed by atoms with Crippen molar-refractivity contribution in [1.29, 1.82) is 0 Å². The van der Waals surface area contributed by atoms with Gasteiger partial charge in [0.05, 0.1) is 32.5 Å². The summed E-state index contributed by atoms with van der Waals surface area (Å²) in [4.78, 5) is 19.1. The summed E-state index contributed by atoms with van der Waals surface area (Å²) in [5, 5.41) is 14.4. The number of nitrogens with one attached hydrogen (secondary N) is 2. The normalized spacial score (nSPS) is 20.3. The molecule has 2 saturated heterocycles. The number of halogens is 3. The maximum atomic E-state index is 12.8. The lowest BCUT2D eigenvalue weighted by molar-refractivity contribution is -0.206. The number of carbonyl (C=O) groups excluding carboxylic acids is 1. The van der Waals surface area contributed by atoms with E-state index in [4.69, 9.17) is 19.3 Å². The summed E-state index contributed by atoms with van der Waals surface area (Å²) in [6.45, 7) is 4.20. The highest BCUT2D eigenvalue weighted by atomic mass is 19.4. The first kappa shape index (κ1) is 26.0. The average Bonchev–Trinajstić information content (AvgIpc) is 3.33. The molecule has 196 valence electrons. The Kier molecular flexibility index (Phi) is 8.17. The van der Waals surface area contributed by atoms with E-state index in [1.807, 2.05) is 19.1 Å². The number of anilines is 2. The van der Waals surface area contributed by atoms with Crippen LogP contribution in [-0.4, -0.2) is 80.6 Å². The van der Waals surface area contributed by atoms with Crippen LogP contribution in [0, 0.1) is 6.92 Å². The molecule has 3 N–H and O–H groups in total. The van der Waals surface area contributed by atoms with E-state index in [9.17, 15) is 18.0 Å². The van der Waals surface area contributed by atoms with Crippen molar-refractivity contribution >= 4 is 17.5 Å². The molecule has 2 aliphatic rings. The minimum absolute atomic E-state index is 0.0971. The van der Waals surface area contributed by atoms with Crippen molar-refractivity contribution < 1.29 is 37.3 Å². The summed E-state index contributed by atoms with van der Waals surface area (Å²) in [5.41, 5.74) is 3.03. The number of aliphatic hydroxyl groups is 1. The number of amides is 2. The minimum Gasteiger partial charge on any atom is -0.475 e. The van der Waals surface area contributed by atoms with Crippen LogP contribution in [0.15, 0.2) is 30.3 Å². The number of hydrogen-bond donors (Lipinski definition) is 3. The Morgan fingerprint density at radius 2 is 2.03 bits per heavy atom. The fourth-order valence-electron chi connectivity index (χ4n) is 4.14. The summed E-state index contributed by atoms with van der Waals surface area (Å²) in [6, 6.07) is 7.69. The molecule has 4 rings (SSSR count). The van der Waals surface area contributed by atoms with Gasteiger partial charge in [-0.15, -0.1) is 0 Å². The van der Waals surface area contributed by atoms with Crippen molar-refractivity contribution in [2.45, 2.75) is 31.7 Å². The molecule has 0 radical (unpaired) electrons. The minimum atomic E-state index is -4.46. The Labute approximate surface area is 206 Å². The zero-order valence-corrected chi connectivity index (χ0v) is 19.8. The number of morpholine rings is 1. The number of nitrogens with zero attached hydrogens (tertiary/aromatic N) is 2. The van der Waals surface area contributed by atoms with E-state index >= 15 is 0 Å². The second kappa shape index (κ2) is 11.3. The number of rotatable bonds is 7. The molecule has 9 nitrogen and oxygen atoms in total. The molecule has 2 fully saturated rings. The van der Waals surface area contributed by atoms with Crippen LogP contribution in [0.5, 0.6) is 5.88 Å². The standard InChI is InChI=1S/C24H29F3N4O5/c1-15-2-3-17(28-23(33)29-18-13-20(36-14-18)24(25,26)27)12-19(15)16-10-21(31-4-7-34-8-5-31)30-22(11-16)35-9-6-32/h2-3,10-12,18,20,32H,4-9,13-14H2,1H3,(H2,28,29,33). The van der Waals surface area contributed by atoms with Crippen molar-refractivity contribution in [2.24, 2.45) is 0 Å². The van der Waals surface area contributed by atoms with Crippen LogP contribution < -0.4 is 20.3 Å². The molecule has 0 spiro atoms. The molecular weight excluding hydrogens is 481 g/mol. The Morgan fingerprint density at radius 1 is 1.25 bits per heavy atom. The number of hydrogen-bond acceptors (Lipinski definition) is 7. The maximum absolute atomic E-state index is 12.8. The van der Waals surface area contributed by atoms with Gasteiger partial charge < -0.3 is 34.9 Å². The predicted octanol–water partition coefficient (Wildman–Crippen LogP) is 3.11. The molecule has 0 saturated carbocycles. The number of carbonyl (C=O) groups is 1. The highest BCUT2D eigenvalue weighted by Gasteiger charge is 2.45. The van der Waals surface area contributed by atoms with E-state index in [1.165, 1.54) is 0 Å². The first-order valence-corrected chi connectivity index (χ1v) is 11.7. The highest BCUT2D eigenvalue weighted by molar-refractivity contribution is 5.90. The predicted molar refractivity (Wildman–Crippen MR) is 126 cm³/mol. The fraction of sp³-hybridized carbons (Fsp3) is 0.500. The van der Waals surface area contributed by atoms with Crippen molar-refractivity contribution in [3.05, 3.63) is 35.9 Å². The summed E-state index contributed by atoms with van der Waals surface area (Å²) < 4.78 is 54.2. The summed E-state index contributed by atoms with van der Waals surface area (Å²) in [7, 11) is 0. The molecule has 12 heteroatoms. The fourth-order valence-corrected chi connectivity index (χ4v) is 4.14. The smallest absolute Gasteiger partial charge is 0.414 e. The van der Waals surface area contributed by atoms with E-state index in [-0.39, 0.29) is 26.2 Å². The third-order valence-corrected chi connectivity index (χ3v) is 5.97. The van der Waals surface area contributed by atoms with Gasteiger partial charge in [-0.1, -0.05) is 6.07 Å². The average molecular weight is 511 g/mol. The number of benzene rings is 1. The molecule has 0 bridgehead atoms. The van der Waals surface area contributed by atoms with Crippen LogP contribution in [0.1, 0.15) is 12.0 Å². The van der Waals surface area contributed by atoms with E-state index in [0.717, 1.165) is 16.7 Å². The third-order valence-electron chi connectivity index (χ3n) is 5.97. The van der Waals surface area contributed by atoms with Crippen LogP contribution in [0.4, 0.5) is 29.5 Å². The topological polar surface area (TPSA) is 105 Å². The molecule has 36 heavy (non-hydrogen) atoms. The Morgan fingerprint density at radius 3 is 2.72 bits per heavy atom. The molecule has 2 atom stereocenters. The Bertz CT molecular complexity index is 1060. The zero-order valence-electron chi connectivity index (χ0n) is 19.8. The second-order valence-corrected chi connectivity index (χ2v) is 8.65. The number of urea groups is 1. The molecule has 2 unspecified atom stereocenters. The van der Waals surface area contributed by atoms with Crippen molar-refractivity contribution in [2.75, 3.05) is 56.3 Å². The van der Waals surface area contributed by atoms with Gasteiger partial charge >= 0.3 is 12.2 Å². The number of ether oxygens (including phenoxy) is 3. The monoisotopic (exact) mass is 510 g/mol. The number of aliphatic hydroxyl groups excluding tert-OH is 1. The van der Waals surface area contributed by atoms with Gasteiger partial charge in [0, 0.05) is 31.3 Å². The molecular formula is C24H29F3N4O5. The molecule has 2 amide bonds. The molecule has 2 aliphatic heterocycles. The summed E-state index contributed by atoms with van der Waals surface area (Å²) in [6.07, 6.45) is -6.65. The summed E-state index contributed by atoms with van der Waals surface area (Å²) in [5.74, 6) is 1.07. The van der Waals surface area contributed by atoms with E-state index in [0.29, 0.717) is 43.7 Å². The number of aromatic nitrogens is 1. The lowest BCUT2D eigenvalue weighted by Gasteiger charge is -2.28. The second-order valence-electron chi connectivity index (χ2n) is 8.65. The molecule has 2 aromatic rings. The first-order chi connectivity index (χ1) is 17.2. The first-order valence-electron chi connectivity index (χ1n) is 11.7. The van der Waals surface area contributed by atoms with E-state index in [1.54, 1.807) is 18.2 Å². The van der Waals surface area contributed by atoms with Gasteiger partial charge in [0.2, 0.25) is 5.88 Å². The van der Waals surface area contributed by atoms with Gasteiger partial charge in [0.15, 0.2) is 6.10 Å². The molecule has 1 aromatic carbocycles. The van der Waals surface area contributed by atoms with Crippen LogP contribution in [0.3, 0.4) is 0 Å². The third kappa shape index (κ3) is 6.56. The van der Waals surface area contributed by atoms with Crippen LogP contribution >= 0.6 is 0 Å². The molecule has 3 heterocycles. The lowest BCUT2D eigenvalue weighted by atomic mass is 10.0. The SMILES string of the molecule is Cc1ccc(NC(=O)NC2COC(C(F)(F)F)C2)cc1-c1cc(OCCO)nc(N2CCOCC2)c1. The van der Waals surface area contributed by atoms with Gasteiger partial charge in [-0.3, -0.25) is 0 Å². The van der Waals surface area contributed by atoms with Crippen LogP contribution in [-0.2, 0) is 9.47 Å². The van der Waals surface area contributed by atoms with E-state index in [2.05, 4.69) is 20.5 Å². The summed E-state index contributed by atoms with van der Waals surface area (Å²) >= 11 is 0. The van der Waals surface area contributed by atoms with Crippen LogP contribution in [0.25, 0.3) is 11.1 Å². The number of aryl methyl sites for hydroxylation is 1. The van der Waals surface area contributed by atoms with Crippen molar-refractivity contribution in [3.63, 3.8) is 0 Å². The van der Waals surface area contributed by atoms with Crippen molar-refractivity contribution in [3.8, 4) is 17.0 Å². The van der Waals surface area contributed by atoms with Gasteiger partial charge in [-0.2, -0.15) is 18.2 Å². The van der Waals surface area contributed by atoms with Gasteiger partial charge in [0.25, 0.3) is 0 Å². The Balaban J connectivity index is 1.51. The highest BCUT2D eigenvalue weighted by Crippen LogP contribution is 2.33. The van der Waals surface area contributed by atoms with Crippen LogP contribution in [0.2, 0.25) is 0 Å².